The second-order valence-corrected chi connectivity index (χ2v) is 14.2. The van der Waals surface area contributed by atoms with E-state index in [1.807, 2.05) is 39.0 Å². The fraction of sp³-hybridized carbons (Fsp3) is 0.414. The van der Waals surface area contributed by atoms with E-state index in [0.717, 1.165) is 18.8 Å². The second-order valence-electron chi connectivity index (χ2n) is 11.3. The number of piperidine rings is 1. The highest BCUT2D eigenvalue weighted by Gasteiger charge is 2.25. The minimum Gasteiger partial charge on any atom is -0.486 e. The van der Waals surface area contributed by atoms with Gasteiger partial charge in [0.15, 0.2) is 15.7 Å². The van der Waals surface area contributed by atoms with Gasteiger partial charge in [-0.25, -0.2) is 13.4 Å². The zero-order chi connectivity index (χ0) is 29.9. The van der Waals surface area contributed by atoms with E-state index in [1.54, 1.807) is 38.1 Å². The van der Waals surface area contributed by atoms with Crippen molar-refractivity contribution in [2.75, 3.05) is 28.6 Å². The molecule has 10 nitrogen and oxygen atoms in total. The van der Waals surface area contributed by atoms with Crippen molar-refractivity contribution in [1.82, 2.24) is 9.97 Å². The largest absolute Gasteiger partial charge is 0.486 e. The van der Waals surface area contributed by atoms with E-state index in [9.17, 15) is 13.2 Å². The number of halogens is 1. The highest BCUT2D eigenvalue weighted by molar-refractivity contribution is 7.92. The van der Waals surface area contributed by atoms with Crippen molar-refractivity contribution in [1.29, 1.82) is 0 Å². The van der Waals surface area contributed by atoms with E-state index < -0.39 is 20.7 Å². The summed E-state index contributed by atoms with van der Waals surface area (Å²) in [6, 6.07) is 12.5. The Balaban J connectivity index is 1.62. The Hall–Kier alpha value is -3.57. The molecule has 1 aliphatic rings. The van der Waals surface area contributed by atoms with Gasteiger partial charge >= 0.3 is 0 Å². The summed E-state index contributed by atoms with van der Waals surface area (Å²) in [6.45, 7) is 10.6. The Kier molecular flexibility index (Phi) is 8.98. The maximum atomic E-state index is 12.9. The molecule has 41 heavy (non-hydrogen) atoms. The smallest absolute Gasteiger partial charge is 0.229 e. The number of anilines is 5. The Morgan fingerprint density at radius 3 is 2.41 bits per heavy atom. The molecule has 2 heterocycles. The van der Waals surface area contributed by atoms with Crippen LogP contribution >= 0.6 is 11.6 Å². The van der Waals surface area contributed by atoms with Gasteiger partial charge in [-0.1, -0.05) is 23.7 Å². The molecule has 0 saturated carbocycles. The Morgan fingerprint density at radius 2 is 1.78 bits per heavy atom. The van der Waals surface area contributed by atoms with Crippen LogP contribution in [0.3, 0.4) is 0 Å². The maximum absolute atomic E-state index is 12.9. The summed E-state index contributed by atoms with van der Waals surface area (Å²) in [6.07, 6.45) is 2.86. The van der Waals surface area contributed by atoms with Crippen molar-refractivity contribution in [3.8, 4) is 5.75 Å². The Bertz CT molecular complexity index is 1520. The first-order valence-electron chi connectivity index (χ1n) is 13.5. The number of para-hydroxylation sites is 1. The second kappa shape index (κ2) is 12.1. The lowest BCUT2D eigenvalue weighted by Crippen LogP contribution is -2.38. The molecule has 0 radical (unpaired) electrons. The number of aromatic nitrogens is 2. The average molecular weight is 601 g/mol. The molecular formula is C29H37ClN6O4S. The van der Waals surface area contributed by atoms with Crippen LogP contribution in [-0.2, 0) is 14.6 Å². The molecule has 4 N–H and O–H groups in total. The predicted octanol–water partition coefficient (Wildman–Crippen LogP) is 5.68. The molecule has 0 aliphatic carbocycles. The first-order chi connectivity index (χ1) is 19.2. The lowest BCUT2D eigenvalue weighted by Gasteiger charge is -2.33. The number of primary amides is 1. The summed E-state index contributed by atoms with van der Waals surface area (Å²) in [5, 5.41) is 5.93. The molecule has 2 aromatic carbocycles. The zero-order valence-corrected chi connectivity index (χ0v) is 25.5. The molecule has 0 unspecified atom stereocenters. The van der Waals surface area contributed by atoms with Gasteiger partial charge in [0.05, 0.1) is 27.7 Å². The quantitative estimate of drug-likeness (QED) is 0.283. The Morgan fingerprint density at radius 1 is 1.10 bits per heavy atom. The van der Waals surface area contributed by atoms with Crippen LogP contribution in [-0.4, -0.2) is 48.2 Å². The SMILES string of the molecule is CC(C)S(=O)(=O)c1ccccc1Nc1nc(Nc2ccc(N3CCC(C(N)=O)CC3)cc2OC(C)(C)C)ncc1Cl. The van der Waals surface area contributed by atoms with Crippen LogP contribution in [0.15, 0.2) is 53.6 Å². The van der Waals surface area contributed by atoms with E-state index in [0.29, 0.717) is 30.0 Å². The number of rotatable bonds is 9. The minimum atomic E-state index is -3.55. The van der Waals surface area contributed by atoms with Crippen LogP contribution in [0.2, 0.25) is 5.02 Å². The molecule has 1 aromatic heterocycles. The molecule has 12 heteroatoms. The molecule has 1 amide bonds. The number of carbonyl (C=O) groups is 1. The molecule has 1 fully saturated rings. The summed E-state index contributed by atoms with van der Waals surface area (Å²) >= 11 is 6.41. The van der Waals surface area contributed by atoms with Crippen molar-refractivity contribution >= 4 is 56.2 Å². The summed E-state index contributed by atoms with van der Waals surface area (Å²) in [7, 11) is -3.55. The molecule has 0 atom stereocenters. The van der Waals surface area contributed by atoms with Gasteiger partial charge in [-0.05, 0) is 71.7 Å². The molecule has 220 valence electrons. The van der Waals surface area contributed by atoms with Crippen molar-refractivity contribution in [2.24, 2.45) is 11.7 Å². The van der Waals surface area contributed by atoms with Crippen molar-refractivity contribution in [3.05, 3.63) is 53.7 Å². The third-order valence-corrected chi connectivity index (χ3v) is 9.19. The Labute approximate surface area is 246 Å². The number of nitrogens with two attached hydrogens (primary N) is 1. The number of sulfone groups is 1. The third kappa shape index (κ3) is 7.39. The average Bonchev–Trinajstić information content (AvgIpc) is 2.91. The number of hydrogen-bond acceptors (Lipinski definition) is 9. The highest BCUT2D eigenvalue weighted by Crippen LogP contribution is 2.36. The molecule has 4 rings (SSSR count). The molecule has 0 bridgehead atoms. The number of hydrogen-bond donors (Lipinski definition) is 3. The number of amides is 1. The summed E-state index contributed by atoms with van der Waals surface area (Å²) in [5.74, 6) is 0.758. The lowest BCUT2D eigenvalue weighted by atomic mass is 9.96. The van der Waals surface area contributed by atoms with Gasteiger partial charge in [0.1, 0.15) is 16.4 Å². The van der Waals surface area contributed by atoms with Gasteiger partial charge in [-0.3, -0.25) is 4.79 Å². The van der Waals surface area contributed by atoms with Crippen LogP contribution in [0.25, 0.3) is 0 Å². The highest BCUT2D eigenvalue weighted by atomic mass is 35.5. The van der Waals surface area contributed by atoms with Crippen molar-refractivity contribution < 1.29 is 17.9 Å². The number of nitrogens with one attached hydrogen (secondary N) is 2. The summed E-state index contributed by atoms with van der Waals surface area (Å²) in [5.41, 5.74) is 7.01. The number of ether oxygens (including phenoxy) is 1. The van der Waals surface area contributed by atoms with Gasteiger partial charge in [0, 0.05) is 30.8 Å². The van der Waals surface area contributed by atoms with Crippen molar-refractivity contribution in [3.63, 3.8) is 0 Å². The predicted molar refractivity (Wildman–Crippen MR) is 163 cm³/mol. The molecule has 1 aliphatic heterocycles. The number of nitrogens with zero attached hydrogens (tertiary/aromatic N) is 3. The fourth-order valence-corrected chi connectivity index (χ4v) is 5.82. The van der Waals surface area contributed by atoms with Crippen LogP contribution in [0, 0.1) is 5.92 Å². The molecule has 3 aromatic rings. The fourth-order valence-electron chi connectivity index (χ4n) is 4.48. The standard InChI is InChI=1S/C29H37ClN6O4S/c1-18(2)41(38,39)25-9-7-6-8-23(25)33-27-21(30)17-32-28(35-27)34-22-11-10-20(16-24(22)40-29(3,4)5)36-14-12-19(13-15-36)26(31)37/h6-11,16-19H,12-15H2,1-5H3,(H2,31,37)(H2,32,33,34,35). The third-order valence-electron chi connectivity index (χ3n) is 6.70. The van der Waals surface area contributed by atoms with E-state index in [4.69, 9.17) is 22.1 Å². The summed E-state index contributed by atoms with van der Waals surface area (Å²) < 4.78 is 32.1. The molecule has 0 spiro atoms. The van der Waals surface area contributed by atoms with E-state index >= 15 is 0 Å². The maximum Gasteiger partial charge on any atom is 0.229 e. The van der Waals surface area contributed by atoms with Gasteiger partial charge in [0.2, 0.25) is 11.9 Å². The van der Waals surface area contributed by atoms with Gasteiger partial charge in [0.25, 0.3) is 0 Å². The first kappa shape index (κ1) is 30.4. The summed E-state index contributed by atoms with van der Waals surface area (Å²) in [4.78, 5) is 22.8. The normalized spacial score (nSPS) is 14.7. The van der Waals surface area contributed by atoms with Crippen LogP contribution in [0.4, 0.5) is 28.8 Å². The monoisotopic (exact) mass is 600 g/mol. The number of carbonyl (C=O) groups excluding carboxylic acids is 1. The topological polar surface area (TPSA) is 140 Å². The van der Waals surface area contributed by atoms with Crippen LogP contribution in [0.5, 0.6) is 5.75 Å². The number of benzene rings is 2. The minimum absolute atomic E-state index is 0.0974. The van der Waals surface area contributed by atoms with Gasteiger partial charge in [-0.15, -0.1) is 0 Å². The van der Waals surface area contributed by atoms with E-state index in [1.165, 1.54) is 6.20 Å². The van der Waals surface area contributed by atoms with Gasteiger partial charge in [-0.2, -0.15) is 4.98 Å². The first-order valence-corrected chi connectivity index (χ1v) is 15.4. The lowest BCUT2D eigenvalue weighted by molar-refractivity contribution is -0.122. The van der Waals surface area contributed by atoms with E-state index in [2.05, 4.69) is 25.5 Å². The van der Waals surface area contributed by atoms with Crippen LogP contribution < -0.4 is 26.0 Å². The molecular weight excluding hydrogens is 564 g/mol. The van der Waals surface area contributed by atoms with E-state index in [-0.39, 0.29) is 33.5 Å². The van der Waals surface area contributed by atoms with Crippen molar-refractivity contribution in [2.45, 2.75) is 63.2 Å². The van der Waals surface area contributed by atoms with Gasteiger partial charge < -0.3 is 26.0 Å². The molecule has 1 saturated heterocycles. The van der Waals surface area contributed by atoms with Crippen LogP contribution in [0.1, 0.15) is 47.5 Å². The zero-order valence-electron chi connectivity index (χ0n) is 23.9.